The summed E-state index contributed by atoms with van der Waals surface area (Å²) in [5, 5.41) is 24.4. The highest BCUT2D eigenvalue weighted by atomic mass is 16.4. The van der Waals surface area contributed by atoms with Crippen LogP contribution in [-0.2, 0) is 13.6 Å². The van der Waals surface area contributed by atoms with Crippen LogP contribution in [0.3, 0.4) is 0 Å². The Morgan fingerprint density at radius 3 is 2.51 bits per heavy atom. The zero-order valence-corrected chi connectivity index (χ0v) is 20.1. The van der Waals surface area contributed by atoms with Gasteiger partial charge in [0.25, 0.3) is 5.56 Å². The molecule has 0 radical (unpaired) electrons. The van der Waals surface area contributed by atoms with Crippen molar-refractivity contribution in [3.05, 3.63) is 87.2 Å². The van der Waals surface area contributed by atoms with Gasteiger partial charge in [0.2, 0.25) is 0 Å². The Hall–Kier alpha value is -4.46. The highest BCUT2D eigenvalue weighted by molar-refractivity contribution is 6.02. The lowest BCUT2D eigenvalue weighted by molar-refractivity contribution is 0.0698. The summed E-state index contributed by atoms with van der Waals surface area (Å²) in [6.07, 6.45) is 0. The molecule has 178 valence electrons. The first-order valence-corrected chi connectivity index (χ1v) is 11.2. The molecule has 4 aromatic rings. The van der Waals surface area contributed by atoms with Crippen LogP contribution >= 0.6 is 0 Å². The minimum absolute atomic E-state index is 0.174. The molecular weight excluding hydrogens is 442 g/mol. The number of aromatic nitrogens is 2. The molecule has 8 heteroatoms. The van der Waals surface area contributed by atoms with Crippen molar-refractivity contribution in [2.24, 2.45) is 7.05 Å². The van der Waals surface area contributed by atoms with E-state index in [1.54, 1.807) is 45.3 Å². The van der Waals surface area contributed by atoms with Crippen LogP contribution < -0.4 is 16.2 Å². The number of aromatic carboxylic acids is 1. The van der Waals surface area contributed by atoms with E-state index in [1.165, 1.54) is 4.57 Å². The number of carbonyl (C=O) groups is 1. The van der Waals surface area contributed by atoms with Crippen molar-refractivity contribution in [2.45, 2.75) is 20.4 Å². The van der Waals surface area contributed by atoms with Gasteiger partial charge in [0.1, 0.15) is 5.82 Å². The fraction of sp³-hybridized carbons (Fsp3) is 0.185. The SMILES string of the molecule is CNc1ccc(-c2nc3c(CNc4ccccc4C(=O)O)cc(C)cc3c(=O)n2C)cc1C(C)=N. The Bertz CT molecular complexity index is 1540. The van der Waals surface area contributed by atoms with Crippen molar-refractivity contribution in [1.29, 1.82) is 5.41 Å². The molecule has 1 heterocycles. The molecule has 3 aromatic carbocycles. The lowest BCUT2D eigenvalue weighted by atomic mass is 10.0. The van der Waals surface area contributed by atoms with Crippen LogP contribution in [0.15, 0.2) is 59.4 Å². The van der Waals surface area contributed by atoms with Gasteiger partial charge in [-0.2, -0.15) is 0 Å². The van der Waals surface area contributed by atoms with Crippen molar-refractivity contribution < 1.29 is 9.90 Å². The van der Waals surface area contributed by atoms with Gasteiger partial charge in [0.15, 0.2) is 0 Å². The molecule has 4 rings (SSSR count). The molecule has 0 amide bonds. The van der Waals surface area contributed by atoms with Crippen molar-refractivity contribution in [3.8, 4) is 11.4 Å². The van der Waals surface area contributed by atoms with Crippen LogP contribution in [0.5, 0.6) is 0 Å². The number of para-hydroxylation sites is 1. The fourth-order valence-electron chi connectivity index (χ4n) is 4.23. The molecule has 0 aliphatic rings. The lowest BCUT2D eigenvalue weighted by Crippen LogP contribution is -2.21. The zero-order valence-electron chi connectivity index (χ0n) is 20.1. The molecule has 35 heavy (non-hydrogen) atoms. The van der Waals surface area contributed by atoms with Crippen LogP contribution in [0, 0.1) is 12.3 Å². The standard InChI is InChI=1S/C27H27N5O3/c1-15-11-18(14-30-23-8-6-5-7-19(23)27(34)35)24-21(12-15)26(33)32(4)25(31-24)17-9-10-22(29-3)20(13-17)16(2)28/h5-13,28-30H,14H2,1-4H3,(H,34,35). The lowest BCUT2D eigenvalue weighted by Gasteiger charge is -2.16. The molecule has 4 N–H and O–H groups in total. The topological polar surface area (TPSA) is 120 Å². The largest absolute Gasteiger partial charge is 0.478 e. The Morgan fingerprint density at radius 1 is 1.09 bits per heavy atom. The van der Waals surface area contributed by atoms with Crippen molar-refractivity contribution in [3.63, 3.8) is 0 Å². The summed E-state index contributed by atoms with van der Waals surface area (Å²) in [5.41, 5.74) is 5.43. The molecule has 0 saturated carbocycles. The number of anilines is 2. The third-order valence-electron chi connectivity index (χ3n) is 5.98. The summed E-state index contributed by atoms with van der Waals surface area (Å²) >= 11 is 0. The predicted octanol–water partition coefficient (Wildman–Crippen LogP) is 4.65. The van der Waals surface area contributed by atoms with Gasteiger partial charge in [-0.25, -0.2) is 9.78 Å². The van der Waals surface area contributed by atoms with Crippen LogP contribution in [0.2, 0.25) is 0 Å². The molecule has 0 aliphatic heterocycles. The molecule has 1 aromatic heterocycles. The van der Waals surface area contributed by atoms with Gasteiger partial charge in [-0.05, 0) is 61.4 Å². The van der Waals surface area contributed by atoms with Crippen LogP contribution in [-0.4, -0.2) is 33.4 Å². The van der Waals surface area contributed by atoms with E-state index in [9.17, 15) is 14.7 Å². The molecule has 0 fully saturated rings. The van der Waals surface area contributed by atoms with E-state index < -0.39 is 5.97 Å². The monoisotopic (exact) mass is 469 g/mol. The first kappa shape index (κ1) is 23.7. The van der Waals surface area contributed by atoms with E-state index in [2.05, 4.69) is 10.6 Å². The second kappa shape index (κ2) is 9.42. The molecule has 0 atom stereocenters. The fourth-order valence-corrected chi connectivity index (χ4v) is 4.23. The summed E-state index contributed by atoms with van der Waals surface area (Å²) in [6, 6.07) is 16.1. The van der Waals surface area contributed by atoms with E-state index in [0.29, 0.717) is 34.7 Å². The average Bonchev–Trinajstić information content (AvgIpc) is 2.84. The second-order valence-electron chi connectivity index (χ2n) is 8.46. The second-order valence-corrected chi connectivity index (χ2v) is 8.46. The van der Waals surface area contributed by atoms with E-state index in [1.807, 2.05) is 37.3 Å². The number of benzene rings is 3. The Labute approximate surface area is 202 Å². The van der Waals surface area contributed by atoms with Gasteiger partial charge in [-0.3, -0.25) is 9.36 Å². The molecule has 0 bridgehead atoms. The summed E-state index contributed by atoms with van der Waals surface area (Å²) in [6.45, 7) is 3.93. The Morgan fingerprint density at radius 2 is 1.83 bits per heavy atom. The molecule has 0 aliphatic carbocycles. The zero-order chi connectivity index (χ0) is 25.3. The molecule has 0 spiro atoms. The maximum absolute atomic E-state index is 13.4. The maximum atomic E-state index is 13.4. The smallest absolute Gasteiger partial charge is 0.337 e. The number of carboxylic acid groups (broad SMARTS) is 1. The van der Waals surface area contributed by atoms with E-state index in [0.717, 1.165) is 27.9 Å². The highest BCUT2D eigenvalue weighted by Gasteiger charge is 2.16. The van der Waals surface area contributed by atoms with Gasteiger partial charge >= 0.3 is 5.97 Å². The van der Waals surface area contributed by atoms with Gasteiger partial charge in [0, 0.05) is 48.9 Å². The van der Waals surface area contributed by atoms with Crippen LogP contribution in [0.1, 0.15) is 34.0 Å². The van der Waals surface area contributed by atoms with Crippen LogP contribution in [0.4, 0.5) is 11.4 Å². The molecule has 0 saturated heterocycles. The summed E-state index contributed by atoms with van der Waals surface area (Å²) in [4.78, 5) is 29.8. The first-order chi connectivity index (χ1) is 16.7. The third kappa shape index (κ3) is 4.50. The quantitative estimate of drug-likeness (QED) is 0.293. The predicted molar refractivity (Wildman–Crippen MR) is 140 cm³/mol. The van der Waals surface area contributed by atoms with E-state index in [-0.39, 0.29) is 11.1 Å². The Balaban J connectivity index is 1.86. The number of rotatable bonds is 7. The maximum Gasteiger partial charge on any atom is 0.337 e. The van der Waals surface area contributed by atoms with Crippen molar-refractivity contribution in [2.75, 3.05) is 17.7 Å². The first-order valence-electron chi connectivity index (χ1n) is 11.2. The third-order valence-corrected chi connectivity index (χ3v) is 5.98. The van der Waals surface area contributed by atoms with Crippen LogP contribution in [0.25, 0.3) is 22.3 Å². The van der Waals surface area contributed by atoms with E-state index in [4.69, 9.17) is 10.4 Å². The summed E-state index contributed by atoms with van der Waals surface area (Å²) in [5.74, 6) is -0.525. The van der Waals surface area contributed by atoms with Crippen molar-refractivity contribution in [1.82, 2.24) is 9.55 Å². The Kier molecular flexibility index (Phi) is 6.38. The minimum atomic E-state index is -1.02. The summed E-state index contributed by atoms with van der Waals surface area (Å²) in [7, 11) is 3.49. The molecule has 0 unspecified atom stereocenters. The number of nitrogens with one attached hydrogen (secondary N) is 3. The average molecular weight is 470 g/mol. The van der Waals surface area contributed by atoms with Gasteiger partial charge in [0.05, 0.1) is 16.5 Å². The number of hydrogen-bond acceptors (Lipinski definition) is 6. The summed E-state index contributed by atoms with van der Waals surface area (Å²) < 4.78 is 1.52. The normalized spacial score (nSPS) is 10.9. The van der Waals surface area contributed by atoms with Gasteiger partial charge < -0.3 is 21.1 Å². The van der Waals surface area contributed by atoms with Crippen molar-refractivity contribution >= 4 is 34.0 Å². The highest BCUT2D eigenvalue weighted by Crippen LogP contribution is 2.27. The molecule has 8 nitrogen and oxygen atoms in total. The molecular formula is C27H27N5O3. The van der Waals surface area contributed by atoms with Gasteiger partial charge in [-0.1, -0.05) is 18.2 Å². The van der Waals surface area contributed by atoms with Gasteiger partial charge in [-0.15, -0.1) is 0 Å². The number of nitrogens with zero attached hydrogens (tertiary/aromatic N) is 2. The number of carboxylic acids is 1. The van der Waals surface area contributed by atoms with E-state index >= 15 is 0 Å². The number of fused-ring (bicyclic) bond motifs is 1. The number of aryl methyl sites for hydroxylation is 1. The minimum Gasteiger partial charge on any atom is -0.478 e. The number of hydrogen-bond donors (Lipinski definition) is 4.